The summed E-state index contributed by atoms with van der Waals surface area (Å²) < 4.78 is 7.12. The van der Waals surface area contributed by atoms with Gasteiger partial charge in [0.05, 0.1) is 25.2 Å². The SMILES string of the molecule is COc1cc(C(=O)Nc2cnc3c(cnn3C(C)C)c2)ccc1C. The number of carbonyl (C=O) groups excluding carboxylic acids is 1. The summed E-state index contributed by atoms with van der Waals surface area (Å²) in [6, 6.07) is 7.47. The van der Waals surface area contributed by atoms with Crippen molar-refractivity contribution in [2.45, 2.75) is 26.8 Å². The van der Waals surface area contributed by atoms with Gasteiger partial charge in [-0.1, -0.05) is 6.07 Å². The lowest BCUT2D eigenvalue weighted by Gasteiger charge is -2.09. The van der Waals surface area contributed by atoms with Crippen LogP contribution in [0.15, 0.2) is 36.7 Å². The van der Waals surface area contributed by atoms with Gasteiger partial charge in [-0.15, -0.1) is 0 Å². The lowest BCUT2D eigenvalue weighted by molar-refractivity contribution is 0.102. The third-order valence-corrected chi connectivity index (χ3v) is 3.85. The van der Waals surface area contributed by atoms with Crippen molar-refractivity contribution in [2.75, 3.05) is 12.4 Å². The van der Waals surface area contributed by atoms with Crippen molar-refractivity contribution in [2.24, 2.45) is 0 Å². The van der Waals surface area contributed by atoms with Crippen LogP contribution in [0.1, 0.15) is 35.8 Å². The fourth-order valence-corrected chi connectivity index (χ4v) is 2.55. The highest BCUT2D eigenvalue weighted by Gasteiger charge is 2.11. The van der Waals surface area contributed by atoms with Crippen LogP contribution in [-0.2, 0) is 0 Å². The Bertz CT molecular complexity index is 899. The molecular formula is C18H20N4O2. The molecule has 2 heterocycles. The molecule has 6 heteroatoms. The Morgan fingerprint density at radius 1 is 1.25 bits per heavy atom. The third-order valence-electron chi connectivity index (χ3n) is 3.85. The Hall–Kier alpha value is -2.89. The molecule has 0 aliphatic heterocycles. The first kappa shape index (κ1) is 16.0. The monoisotopic (exact) mass is 324 g/mol. The molecule has 3 aromatic rings. The van der Waals surface area contributed by atoms with Gasteiger partial charge in [0.15, 0.2) is 5.65 Å². The minimum Gasteiger partial charge on any atom is -0.496 e. The van der Waals surface area contributed by atoms with E-state index in [9.17, 15) is 4.79 Å². The summed E-state index contributed by atoms with van der Waals surface area (Å²) in [6.45, 7) is 6.04. The smallest absolute Gasteiger partial charge is 0.255 e. The highest BCUT2D eigenvalue weighted by atomic mass is 16.5. The van der Waals surface area contributed by atoms with Gasteiger partial charge >= 0.3 is 0 Å². The number of pyridine rings is 1. The van der Waals surface area contributed by atoms with Gasteiger partial charge in [0.25, 0.3) is 5.91 Å². The van der Waals surface area contributed by atoms with Gasteiger partial charge in [-0.05, 0) is 44.5 Å². The molecule has 2 aromatic heterocycles. The molecule has 6 nitrogen and oxygen atoms in total. The van der Waals surface area contributed by atoms with Crippen molar-refractivity contribution in [3.63, 3.8) is 0 Å². The minimum absolute atomic E-state index is 0.203. The van der Waals surface area contributed by atoms with Crippen molar-refractivity contribution in [3.8, 4) is 5.75 Å². The molecule has 0 saturated heterocycles. The van der Waals surface area contributed by atoms with Crippen molar-refractivity contribution in [1.29, 1.82) is 0 Å². The van der Waals surface area contributed by atoms with Gasteiger partial charge in [-0.3, -0.25) is 4.79 Å². The Balaban J connectivity index is 1.85. The van der Waals surface area contributed by atoms with Crippen molar-refractivity contribution in [1.82, 2.24) is 14.8 Å². The molecule has 0 fully saturated rings. The van der Waals surface area contributed by atoms with E-state index < -0.39 is 0 Å². The zero-order valence-corrected chi connectivity index (χ0v) is 14.2. The Morgan fingerprint density at radius 2 is 2.04 bits per heavy atom. The number of fused-ring (bicyclic) bond motifs is 1. The molecule has 1 N–H and O–H groups in total. The Kier molecular flexibility index (Phi) is 4.20. The Labute approximate surface area is 140 Å². The molecular weight excluding hydrogens is 304 g/mol. The number of aromatic nitrogens is 3. The summed E-state index contributed by atoms with van der Waals surface area (Å²) in [5.41, 5.74) is 2.96. The first-order valence-electron chi connectivity index (χ1n) is 7.79. The van der Waals surface area contributed by atoms with Crippen molar-refractivity contribution >= 4 is 22.6 Å². The first-order chi connectivity index (χ1) is 11.5. The fourth-order valence-electron chi connectivity index (χ4n) is 2.55. The third kappa shape index (κ3) is 2.95. The van der Waals surface area contributed by atoms with Crippen LogP contribution in [0.4, 0.5) is 5.69 Å². The molecule has 0 atom stereocenters. The van der Waals surface area contributed by atoms with Crippen LogP contribution >= 0.6 is 0 Å². The summed E-state index contributed by atoms with van der Waals surface area (Å²) in [5, 5.41) is 8.09. The van der Waals surface area contributed by atoms with Gasteiger partial charge in [0.2, 0.25) is 0 Å². The molecule has 1 aromatic carbocycles. The first-order valence-corrected chi connectivity index (χ1v) is 7.79. The van der Waals surface area contributed by atoms with Gasteiger partial charge < -0.3 is 10.1 Å². The van der Waals surface area contributed by atoms with Crippen LogP contribution < -0.4 is 10.1 Å². The van der Waals surface area contributed by atoms with Crippen LogP contribution in [-0.4, -0.2) is 27.8 Å². The van der Waals surface area contributed by atoms with Crippen LogP contribution in [0.3, 0.4) is 0 Å². The van der Waals surface area contributed by atoms with Gasteiger partial charge in [0.1, 0.15) is 5.75 Å². The molecule has 0 aliphatic rings. The van der Waals surface area contributed by atoms with E-state index in [2.05, 4.69) is 29.2 Å². The molecule has 24 heavy (non-hydrogen) atoms. The van der Waals surface area contributed by atoms with E-state index in [4.69, 9.17) is 4.74 Å². The number of amides is 1. The second-order valence-electron chi connectivity index (χ2n) is 5.96. The molecule has 0 spiro atoms. The number of hydrogen-bond acceptors (Lipinski definition) is 4. The van der Waals surface area contributed by atoms with Crippen LogP contribution in [0.5, 0.6) is 5.75 Å². The van der Waals surface area contributed by atoms with E-state index >= 15 is 0 Å². The maximum absolute atomic E-state index is 12.4. The fraction of sp³-hybridized carbons (Fsp3) is 0.278. The predicted octanol–water partition coefficient (Wildman–Crippen LogP) is 3.58. The van der Waals surface area contributed by atoms with Crippen LogP contribution in [0.2, 0.25) is 0 Å². The van der Waals surface area contributed by atoms with E-state index in [0.29, 0.717) is 17.0 Å². The lowest BCUT2D eigenvalue weighted by atomic mass is 10.1. The molecule has 0 unspecified atom stereocenters. The number of aryl methyl sites for hydroxylation is 1. The number of rotatable bonds is 4. The van der Waals surface area contributed by atoms with E-state index in [1.54, 1.807) is 31.6 Å². The predicted molar refractivity (Wildman–Crippen MR) is 93.6 cm³/mol. The zero-order chi connectivity index (χ0) is 17.3. The normalized spacial score (nSPS) is 11.0. The van der Waals surface area contributed by atoms with E-state index in [1.807, 2.05) is 23.7 Å². The van der Waals surface area contributed by atoms with Crippen LogP contribution in [0, 0.1) is 6.92 Å². The number of benzene rings is 1. The topological polar surface area (TPSA) is 69.0 Å². The number of nitrogens with zero attached hydrogens (tertiary/aromatic N) is 3. The van der Waals surface area contributed by atoms with E-state index in [1.165, 1.54) is 0 Å². The molecule has 3 rings (SSSR count). The molecule has 1 amide bonds. The number of nitrogens with one attached hydrogen (secondary N) is 1. The lowest BCUT2D eigenvalue weighted by Crippen LogP contribution is -2.12. The molecule has 0 radical (unpaired) electrons. The number of ether oxygens (including phenoxy) is 1. The van der Waals surface area contributed by atoms with Crippen molar-refractivity contribution in [3.05, 3.63) is 47.8 Å². The summed E-state index contributed by atoms with van der Waals surface area (Å²) in [6.07, 6.45) is 3.40. The Morgan fingerprint density at radius 3 is 2.75 bits per heavy atom. The number of anilines is 1. The van der Waals surface area contributed by atoms with Crippen molar-refractivity contribution < 1.29 is 9.53 Å². The summed E-state index contributed by atoms with van der Waals surface area (Å²) in [7, 11) is 1.59. The highest BCUT2D eigenvalue weighted by Crippen LogP contribution is 2.22. The van der Waals surface area contributed by atoms with Gasteiger partial charge in [-0.25, -0.2) is 9.67 Å². The van der Waals surface area contributed by atoms with E-state index in [-0.39, 0.29) is 11.9 Å². The maximum atomic E-state index is 12.4. The molecule has 124 valence electrons. The summed E-state index contributed by atoms with van der Waals surface area (Å²) in [5.74, 6) is 0.486. The zero-order valence-electron chi connectivity index (χ0n) is 14.2. The van der Waals surface area contributed by atoms with Gasteiger partial charge in [0, 0.05) is 17.0 Å². The second-order valence-corrected chi connectivity index (χ2v) is 5.96. The second kappa shape index (κ2) is 6.31. The number of hydrogen-bond donors (Lipinski definition) is 1. The highest BCUT2D eigenvalue weighted by molar-refractivity contribution is 6.05. The van der Waals surface area contributed by atoms with E-state index in [0.717, 1.165) is 16.6 Å². The quantitative estimate of drug-likeness (QED) is 0.796. The standard InChI is InChI=1S/C18H20N4O2/c1-11(2)22-17-14(9-20-22)7-15(10-19-17)21-18(23)13-6-5-12(3)16(8-13)24-4/h5-11H,1-4H3,(H,21,23). The van der Waals surface area contributed by atoms with Crippen LogP contribution in [0.25, 0.3) is 11.0 Å². The maximum Gasteiger partial charge on any atom is 0.255 e. The van der Waals surface area contributed by atoms with Gasteiger partial charge in [-0.2, -0.15) is 5.10 Å². The molecule has 0 aliphatic carbocycles. The minimum atomic E-state index is -0.203. The molecule has 0 saturated carbocycles. The number of methoxy groups -OCH3 is 1. The molecule has 0 bridgehead atoms. The summed E-state index contributed by atoms with van der Waals surface area (Å²) >= 11 is 0. The average Bonchev–Trinajstić information content (AvgIpc) is 2.98. The summed E-state index contributed by atoms with van der Waals surface area (Å²) in [4.78, 5) is 16.8. The largest absolute Gasteiger partial charge is 0.496 e. The average molecular weight is 324 g/mol. The number of carbonyl (C=O) groups is 1.